The normalized spacial score (nSPS) is 20.8. The fourth-order valence-electron chi connectivity index (χ4n) is 2.39. The molecule has 2 aliphatic carbocycles. The van der Waals surface area contributed by atoms with Crippen molar-refractivity contribution in [3.8, 4) is 0 Å². The molecule has 0 amide bonds. The first-order valence-corrected chi connectivity index (χ1v) is 6.12. The van der Waals surface area contributed by atoms with Gasteiger partial charge in [0.2, 0.25) is 0 Å². The van der Waals surface area contributed by atoms with Gasteiger partial charge >= 0.3 is 0 Å². The lowest BCUT2D eigenvalue weighted by Gasteiger charge is -2.07. The highest BCUT2D eigenvalue weighted by molar-refractivity contribution is 5.40. The Balaban J connectivity index is 1.96. The SMILES string of the molecule is CC1=[C]CC(CCC2=C(C)C(C)=[C]C2)=C1C. The maximum absolute atomic E-state index is 3.42. The summed E-state index contributed by atoms with van der Waals surface area (Å²) in [7, 11) is 0. The van der Waals surface area contributed by atoms with Gasteiger partial charge in [-0.25, -0.2) is 0 Å². The zero-order valence-corrected chi connectivity index (χ0v) is 10.8. The van der Waals surface area contributed by atoms with Gasteiger partial charge < -0.3 is 0 Å². The third-order valence-electron chi connectivity index (χ3n) is 4.05. The second-order valence-corrected chi connectivity index (χ2v) is 4.91. The zero-order chi connectivity index (χ0) is 11.7. The summed E-state index contributed by atoms with van der Waals surface area (Å²) in [6.45, 7) is 8.80. The van der Waals surface area contributed by atoms with Crippen molar-refractivity contribution in [2.45, 2.75) is 53.4 Å². The van der Waals surface area contributed by atoms with Crippen LogP contribution in [-0.2, 0) is 0 Å². The molecule has 16 heavy (non-hydrogen) atoms. The minimum Gasteiger partial charge on any atom is -0.0623 e. The average molecular weight is 212 g/mol. The van der Waals surface area contributed by atoms with Crippen molar-refractivity contribution in [1.29, 1.82) is 0 Å². The second-order valence-electron chi connectivity index (χ2n) is 4.91. The molecule has 0 aromatic rings. The molecule has 0 spiro atoms. The highest BCUT2D eigenvalue weighted by Crippen LogP contribution is 2.33. The summed E-state index contributed by atoms with van der Waals surface area (Å²) >= 11 is 0. The largest absolute Gasteiger partial charge is 0.0623 e. The number of allylic oxidation sites excluding steroid dienone is 8. The predicted molar refractivity (Wildman–Crippen MR) is 68.7 cm³/mol. The standard InChI is InChI=1S/C16H20/c1-11-5-7-15(13(11)3)9-10-16-8-6-12(2)14(16)4/h7-10H2,1-4H3. The van der Waals surface area contributed by atoms with Gasteiger partial charge in [0, 0.05) is 0 Å². The molecule has 0 aromatic carbocycles. The van der Waals surface area contributed by atoms with Gasteiger partial charge in [-0.15, -0.1) is 0 Å². The van der Waals surface area contributed by atoms with Crippen LogP contribution >= 0.6 is 0 Å². The van der Waals surface area contributed by atoms with E-state index in [1.807, 2.05) is 0 Å². The van der Waals surface area contributed by atoms with E-state index in [-0.39, 0.29) is 0 Å². The van der Waals surface area contributed by atoms with E-state index in [1.165, 1.54) is 35.1 Å². The molecular weight excluding hydrogens is 192 g/mol. The molecule has 0 fully saturated rings. The molecule has 2 radical (unpaired) electrons. The minimum atomic E-state index is 1.06. The third-order valence-corrected chi connectivity index (χ3v) is 4.05. The Kier molecular flexibility index (Phi) is 3.18. The summed E-state index contributed by atoms with van der Waals surface area (Å²) in [4.78, 5) is 0. The van der Waals surface area contributed by atoms with Crippen molar-refractivity contribution < 1.29 is 0 Å². The molecule has 0 N–H and O–H groups in total. The quantitative estimate of drug-likeness (QED) is 0.635. The summed E-state index contributed by atoms with van der Waals surface area (Å²) in [6, 6.07) is 0. The van der Waals surface area contributed by atoms with Crippen molar-refractivity contribution in [1.82, 2.24) is 0 Å². The molecule has 0 atom stereocenters. The molecule has 0 heteroatoms. The van der Waals surface area contributed by atoms with E-state index in [4.69, 9.17) is 0 Å². The van der Waals surface area contributed by atoms with Gasteiger partial charge in [0.15, 0.2) is 0 Å². The molecule has 2 rings (SSSR count). The number of hydrogen-bond acceptors (Lipinski definition) is 0. The molecule has 0 saturated heterocycles. The highest BCUT2D eigenvalue weighted by Gasteiger charge is 2.14. The first-order valence-electron chi connectivity index (χ1n) is 6.12. The third kappa shape index (κ3) is 2.07. The van der Waals surface area contributed by atoms with Gasteiger partial charge in [-0.2, -0.15) is 0 Å². The number of hydrogen-bond donors (Lipinski definition) is 0. The van der Waals surface area contributed by atoms with Crippen LogP contribution in [0, 0.1) is 12.2 Å². The van der Waals surface area contributed by atoms with Gasteiger partial charge in [-0.3, -0.25) is 0 Å². The first kappa shape index (κ1) is 11.4. The van der Waals surface area contributed by atoms with Crippen LogP contribution in [0.3, 0.4) is 0 Å². The molecule has 0 bridgehead atoms. The van der Waals surface area contributed by atoms with Gasteiger partial charge in [0.25, 0.3) is 0 Å². The fraction of sp³-hybridized carbons (Fsp3) is 0.500. The first-order chi connectivity index (χ1) is 7.59. The maximum atomic E-state index is 3.42. The van der Waals surface area contributed by atoms with Crippen molar-refractivity contribution in [3.05, 3.63) is 45.6 Å². The minimum absolute atomic E-state index is 1.06. The Hall–Kier alpha value is -1.04. The summed E-state index contributed by atoms with van der Waals surface area (Å²) in [5, 5.41) is 0. The van der Waals surface area contributed by atoms with E-state index in [9.17, 15) is 0 Å². The Morgan fingerprint density at radius 1 is 0.750 bits per heavy atom. The lowest BCUT2D eigenvalue weighted by atomic mass is 9.98. The average Bonchev–Trinajstić information content (AvgIpc) is 2.74. The summed E-state index contributed by atoms with van der Waals surface area (Å²) in [6.07, 6.45) is 11.4. The molecular formula is C16H20. The predicted octanol–water partition coefficient (Wildman–Crippen LogP) is 4.71. The van der Waals surface area contributed by atoms with E-state index in [1.54, 1.807) is 11.1 Å². The van der Waals surface area contributed by atoms with E-state index in [0.717, 1.165) is 12.8 Å². The smallest absolute Gasteiger partial charge is 0.00555 e. The van der Waals surface area contributed by atoms with Gasteiger partial charge in [0.1, 0.15) is 0 Å². The summed E-state index contributed by atoms with van der Waals surface area (Å²) in [5.74, 6) is 0. The number of rotatable bonds is 3. The van der Waals surface area contributed by atoms with Crippen molar-refractivity contribution in [2.24, 2.45) is 0 Å². The Bertz CT molecular complexity index is 383. The van der Waals surface area contributed by atoms with Crippen LogP contribution in [0.1, 0.15) is 53.4 Å². The van der Waals surface area contributed by atoms with Gasteiger partial charge in [0.05, 0.1) is 0 Å². The molecule has 0 heterocycles. The molecule has 0 unspecified atom stereocenters. The van der Waals surface area contributed by atoms with Crippen LogP contribution < -0.4 is 0 Å². The summed E-state index contributed by atoms with van der Waals surface area (Å²) in [5.41, 5.74) is 8.83. The summed E-state index contributed by atoms with van der Waals surface area (Å²) < 4.78 is 0. The molecule has 0 saturated carbocycles. The van der Waals surface area contributed by atoms with E-state index >= 15 is 0 Å². The molecule has 0 nitrogen and oxygen atoms in total. The lowest BCUT2D eigenvalue weighted by Crippen LogP contribution is -1.88. The van der Waals surface area contributed by atoms with Crippen LogP contribution in [0.15, 0.2) is 33.4 Å². The van der Waals surface area contributed by atoms with Gasteiger partial charge in [-0.1, -0.05) is 11.1 Å². The van der Waals surface area contributed by atoms with Crippen molar-refractivity contribution in [3.63, 3.8) is 0 Å². The second kappa shape index (κ2) is 4.45. The van der Waals surface area contributed by atoms with Crippen LogP contribution in [0.2, 0.25) is 0 Å². The van der Waals surface area contributed by atoms with Crippen molar-refractivity contribution in [2.75, 3.05) is 0 Å². The van der Waals surface area contributed by atoms with E-state index in [0.29, 0.717) is 0 Å². The van der Waals surface area contributed by atoms with Crippen molar-refractivity contribution >= 4 is 0 Å². The topological polar surface area (TPSA) is 0 Å². The Labute approximate surface area is 99.4 Å². The Morgan fingerprint density at radius 2 is 1.12 bits per heavy atom. The highest BCUT2D eigenvalue weighted by atomic mass is 14.2. The van der Waals surface area contributed by atoms with Crippen LogP contribution in [-0.4, -0.2) is 0 Å². The molecule has 84 valence electrons. The van der Waals surface area contributed by atoms with E-state index < -0.39 is 0 Å². The maximum Gasteiger partial charge on any atom is -0.00555 e. The molecule has 0 aromatic heterocycles. The van der Waals surface area contributed by atoms with E-state index in [2.05, 4.69) is 39.8 Å². The lowest BCUT2D eigenvalue weighted by molar-refractivity contribution is 0.867. The van der Waals surface area contributed by atoms with Crippen LogP contribution in [0.4, 0.5) is 0 Å². The van der Waals surface area contributed by atoms with Crippen LogP contribution in [0.5, 0.6) is 0 Å². The molecule has 2 aliphatic rings. The zero-order valence-electron chi connectivity index (χ0n) is 10.8. The fourth-order valence-corrected chi connectivity index (χ4v) is 2.39. The molecule has 0 aliphatic heterocycles. The Morgan fingerprint density at radius 3 is 1.38 bits per heavy atom. The van der Waals surface area contributed by atoms with Crippen LogP contribution in [0.25, 0.3) is 0 Å². The monoisotopic (exact) mass is 212 g/mol. The van der Waals surface area contributed by atoms with Gasteiger partial charge in [-0.05, 0) is 87.8 Å².